The Labute approximate surface area is 128 Å². The van der Waals surface area contributed by atoms with Gasteiger partial charge in [-0.15, -0.1) is 0 Å². The molecule has 0 aliphatic heterocycles. The van der Waals surface area contributed by atoms with Crippen LogP contribution < -0.4 is 5.32 Å². The highest BCUT2D eigenvalue weighted by molar-refractivity contribution is 6.32. The van der Waals surface area contributed by atoms with Crippen molar-refractivity contribution in [2.24, 2.45) is 0 Å². The van der Waals surface area contributed by atoms with Crippen molar-refractivity contribution in [2.45, 2.75) is 26.3 Å². The van der Waals surface area contributed by atoms with E-state index < -0.39 is 4.92 Å². The number of nitro groups is 1. The first-order valence-electron chi connectivity index (χ1n) is 6.74. The fraction of sp³-hybridized carbons (Fsp3) is 0.250. The van der Waals surface area contributed by atoms with Gasteiger partial charge in [0.15, 0.2) is 0 Å². The number of anilines is 1. The lowest BCUT2D eigenvalue weighted by Crippen LogP contribution is -2.01. The van der Waals surface area contributed by atoms with Crippen LogP contribution in [0.15, 0.2) is 42.5 Å². The number of halogens is 1. The Morgan fingerprint density at radius 3 is 2.67 bits per heavy atom. The Bertz CT molecular complexity index is 656. The maximum atomic E-state index is 10.9. The van der Waals surface area contributed by atoms with Gasteiger partial charge in [-0.25, -0.2) is 0 Å². The highest BCUT2D eigenvalue weighted by Crippen LogP contribution is 2.25. The van der Waals surface area contributed by atoms with Gasteiger partial charge >= 0.3 is 0 Å². The van der Waals surface area contributed by atoms with Crippen LogP contribution in [0, 0.1) is 10.1 Å². The van der Waals surface area contributed by atoms with E-state index in [9.17, 15) is 10.1 Å². The monoisotopic (exact) mass is 304 g/mol. The molecule has 0 aliphatic rings. The van der Waals surface area contributed by atoms with Crippen LogP contribution in [0.5, 0.6) is 0 Å². The number of hydrogen-bond donors (Lipinski definition) is 1. The first-order valence-corrected chi connectivity index (χ1v) is 7.12. The molecule has 0 heterocycles. The third-order valence-corrected chi connectivity index (χ3v) is 3.58. The molecule has 2 aromatic carbocycles. The topological polar surface area (TPSA) is 55.2 Å². The van der Waals surface area contributed by atoms with Crippen molar-refractivity contribution < 1.29 is 4.92 Å². The van der Waals surface area contributed by atoms with E-state index >= 15 is 0 Å². The zero-order valence-electron chi connectivity index (χ0n) is 12.0. The van der Waals surface area contributed by atoms with Crippen LogP contribution in [-0.2, 0) is 6.54 Å². The van der Waals surface area contributed by atoms with Crippen LogP contribution >= 0.6 is 11.6 Å². The summed E-state index contributed by atoms with van der Waals surface area (Å²) in [6.45, 7) is 4.79. The van der Waals surface area contributed by atoms with E-state index in [1.54, 1.807) is 12.1 Å². The van der Waals surface area contributed by atoms with Crippen molar-refractivity contribution in [3.63, 3.8) is 0 Å². The standard InChI is InChI=1S/C16H17ClN2O2/c1-11(2)13-4-3-5-14(9-13)18-10-12-6-7-15(17)16(8-12)19(20)21/h3-9,11,18H,10H2,1-2H3. The molecule has 0 saturated heterocycles. The second kappa shape index (κ2) is 6.59. The van der Waals surface area contributed by atoms with Gasteiger partial charge in [0.2, 0.25) is 0 Å². The van der Waals surface area contributed by atoms with E-state index in [0.717, 1.165) is 11.3 Å². The molecule has 0 spiro atoms. The third-order valence-electron chi connectivity index (χ3n) is 3.26. The van der Waals surface area contributed by atoms with Crippen molar-refractivity contribution >= 4 is 23.0 Å². The summed E-state index contributed by atoms with van der Waals surface area (Å²) in [5.74, 6) is 0.461. The van der Waals surface area contributed by atoms with E-state index in [4.69, 9.17) is 11.6 Å². The molecule has 1 N–H and O–H groups in total. The van der Waals surface area contributed by atoms with E-state index in [1.807, 2.05) is 12.1 Å². The van der Waals surface area contributed by atoms with Crippen LogP contribution in [-0.4, -0.2) is 4.92 Å². The molecule has 110 valence electrons. The first kappa shape index (κ1) is 15.3. The molecule has 0 bridgehead atoms. The fourth-order valence-corrected chi connectivity index (χ4v) is 2.21. The minimum atomic E-state index is -0.467. The molecular formula is C16H17ClN2O2. The molecular weight excluding hydrogens is 288 g/mol. The van der Waals surface area contributed by atoms with Gasteiger partial charge in [0.1, 0.15) is 5.02 Å². The summed E-state index contributed by atoms with van der Waals surface area (Å²) in [7, 11) is 0. The predicted molar refractivity (Wildman–Crippen MR) is 86.0 cm³/mol. The number of hydrogen-bond acceptors (Lipinski definition) is 3. The van der Waals surface area contributed by atoms with Gasteiger partial charge in [-0.2, -0.15) is 0 Å². The van der Waals surface area contributed by atoms with Gasteiger partial charge < -0.3 is 5.32 Å². The normalized spacial score (nSPS) is 10.7. The molecule has 0 aliphatic carbocycles. The minimum absolute atomic E-state index is 0.0631. The predicted octanol–water partition coefficient (Wildman–Crippen LogP) is 4.98. The van der Waals surface area contributed by atoms with Crippen LogP contribution in [0.4, 0.5) is 11.4 Å². The molecule has 4 nitrogen and oxygen atoms in total. The Morgan fingerprint density at radius 1 is 1.24 bits per heavy atom. The van der Waals surface area contributed by atoms with Gasteiger partial charge in [-0.1, -0.05) is 43.6 Å². The lowest BCUT2D eigenvalue weighted by Gasteiger charge is -2.10. The molecule has 2 aromatic rings. The first-order chi connectivity index (χ1) is 9.97. The van der Waals surface area contributed by atoms with Crippen molar-refractivity contribution in [1.29, 1.82) is 0 Å². The summed E-state index contributed by atoms with van der Waals surface area (Å²) < 4.78 is 0. The second-order valence-electron chi connectivity index (χ2n) is 5.18. The SMILES string of the molecule is CC(C)c1cccc(NCc2ccc(Cl)c([N+](=O)[O-])c2)c1. The summed E-state index contributed by atoms with van der Waals surface area (Å²) in [4.78, 5) is 10.4. The summed E-state index contributed by atoms with van der Waals surface area (Å²) in [5.41, 5.74) is 3.01. The molecule has 0 amide bonds. The van der Waals surface area contributed by atoms with Crippen molar-refractivity contribution in [3.8, 4) is 0 Å². The Morgan fingerprint density at radius 2 is 2.00 bits per heavy atom. The van der Waals surface area contributed by atoms with E-state index in [0.29, 0.717) is 12.5 Å². The highest BCUT2D eigenvalue weighted by atomic mass is 35.5. The number of nitrogens with zero attached hydrogens (tertiary/aromatic N) is 1. The molecule has 0 atom stereocenters. The average molecular weight is 305 g/mol. The molecule has 21 heavy (non-hydrogen) atoms. The number of rotatable bonds is 5. The average Bonchev–Trinajstić information content (AvgIpc) is 2.46. The maximum absolute atomic E-state index is 10.9. The molecule has 0 fully saturated rings. The number of benzene rings is 2. The van der Waals surface area contributed by atoms with Crippen LogP contribution in [0.2, 0.25) is 5.02 Å². The molecule has 0 saturated carbocycles. The highest BCUT2D eigenvalue weighted by Gasteiger charge is 2.12. The maximum Gasteiger partial charge on any atom is 0.288 e. The Hall–Kier alpha value is -2.07. The smallest absolute Gasteiger partial charge is 0.288 e. The van der Waals surface area contributed by atoms with Crippen molar-refractivity contribution in [2.75, 3.05) is 5.32 Å². The van der Waals surface area contributed by atoms with Crippen LogP contribution in [0.25, 0.3) is 0 Å². The zero-order chi connectivity index (χ0) is 15.4. The molecule has 0 aromatic heterocycles. The largest absolute Gasteiger partial charge is 0.381 e. The van der Waals surface area contributed by atoms with E-state index in [-0.39, 0.29) is 10.7 Å². The van der Waals surface area contributed by atoms with Crippen molar-refractivity contribution in [3.05, 3.63) is 68.7 Å². The summed E-state index contributed by atoms with van der Waals surface area (Å²) >= 11 is 5.80. The summed E-state index contributed by atoms with van der Waals surface area (Å²) in [5, 5.41) is 14.3. The fourth-order valence-electron chi connectivity index (χ4n) is 2.02. The second-order valence-corrected chi connectivity index (χ2v) is 5.58. The molecule has 0 unspecified atom stereocenters. The van der Waals surface area contributed by atoms with Crippen LogP contribution in [0.3, 0.4) is 0 Å². The summed E-state index contributed by atoms with van der Waals surface area (Å²) in [6, 6.07) is 13.0. The molecule has 5 heteroatoms. The quantitative estimate of drug-likeness (QED) is 0.626. The number of nitro benzene ring substituents is 1. The zero-order valence-corrected chi connectivity index (χ0v) is 12.7. The minimum Gasteiger partial charge on any atom is -0.381 e. The lowest BCUT2D eigenvalue weighted by atomic mass is 10.0. The molecule has 0 radical (unpaired) electrons. The third kappa shape index (κ3) is 3.95. The number of nitrogens with one attached hydrogen (secondary N) is 1. The Balaban J connectivity index is 2.11. The van der Waals surface area contributed by atoms with Crippen LogP contribution in [0.1, 0.15) is 30.9 Å². The summed E-state index contributed by atoms with van der Waals surface area (Å²) in [6.07, 6.45) is 0. The van der Waals surface area contributed by atoms with E-state index in [1.165, 1.54) is 11.6 Å². The Kier molecular flexibility index (Phi) is 4.81. The van der Waals surface area contributed by atoms with Gasteiger partial charge in [-0.05, 0) is 35.2 Å². The van der Waals surface area contributed by atoms with E-state index in [2.05, 4.69) is 31.3 Å². The van der Waals surface area contributed by atoms with Gasteiger partial charge in [-0.3, -0.25) is 10.1 Å². The molecule has 2 rings (SSSR count). The van der Waals surface area contributed by atoms with Gasteiger partial charge in [0, 0.05) is 18.3 Å². The van der Waals surface area contributed by atoms with Gasteiger partial charge in [0.25, 0.3) is 5.69 Å². The van der Waals surface area contributed by atoms with Gasteiger partial charge in [0.05, 0.1) is 4.92 Å². The lowest BCUT2D eigenvalue weighted by molar-refractivity contribution is -0.384. The van der Waals surface area contributed by atoms with Crippen molar-refractivity contribution in [1.82, 2.24) is 0 Å².